The van der Waals surface area contributed by atoms with Gasteiger partial charge >= 0.3 is 0 Å². The molecule has 4 aromatic rings. The van der Waals surface area contributed by atoms with Crippen molar-refractivity contribution in [1.29, 1.82) is 0 Å². The normalized spacial score (nSPS) is 17.0. The molecular formula is C25H25ClN4O3. The molecule has 170 valence electrons. The van der Waals surface area contributed by atoms with Crippen LogP contribution in [-0.4, -0.2) is 45.0 Å². The molecule has 5 rings (SSSR count). The second-order valence-electron chi connectivity index (χ2n) is 8.43. The topological polar surface area (TPSA) is 72.3 Å². The number of ether oxygens (including phenoxy) is 1. The van der Waals surface area contributed by atoms with E-state index >= 15 is 0 Å². The Hall–Kier alpha value is -3.13. The highest BCUT2D eigenvalue weighted by Crippen LogP contribution is 2.27. The van der Waals surface area contributed by atoms with Crippen molar-refractivity contribution in [2.24, 2.45) is 7.05 Å². The van der Waals surface area contributed by atoms with Crippen molar-refractivity contribution >= 4 is 22.5 Å². The number of rotatable bonds is 5. The summed E-state index contributed by atoms with van der Waals surface area (Å²) >= 11 is 6.10. The third-order valence-corrected chi connectivity index (χ3v) is 6.34. The number of pyridine rings is 1. The molecule has 0 bridgehead atoms. The summed E-state index contributed by atoms with van der Waals surface area (Å²) in [7, 11) is 1.65. The van der Waals surface area contributed by atoms with E-state index in [1.165, 1.54) is 16.3 Å². The number of fused-ring (bicyclic) bond motifs is 1. The maximum atomic E-state index is 13.2. The molecule has 0 spiro atoms. The first-order valence-electron chi connectivity index (χ1n) is 11.0. The van der Waals surface area contributed by atoms with E-state index < -0.39 is 0 Å². The first-order valence-corrected chi connectivity index (χ1v) is 11.3. The Morgan fingerprint density at radius 2 is 1.85 bits per heavy atom. The van der Waals surface area contributed by atoms with Crippen LogP contribution in [0.15, 0.2) is 70.3 Å². The molecule has 1 aliphatic rings. The van der Waals surface area contributed by atoms with E-state index in [9.17, 15) is 9.59 Å². The van der Waals surface area contributed by atoms with Crippen LogP contribution >= 0.6 is 11.6 Å². The van der Waals surface area contributed by atoms with Crippen molar-refractivity contribution in [2.75, 3.05) is 19.7 Å². The number of benzene rings is 2. The largest absolute Gasteiger partial charge is 0.374 e. The monoisotopic (exact) mass is 464 g/mol. The molecule has 0 amide bonds. The van der Waals surface area contributed by atoms with Gasteiger partial charge in [-0.2, -0.15) is 0 Å². The van der Waals surface area contributed by atoms with E-state index in [2.05, 4.69) is 22.1 Å². The van der Waals surface area contributed by atoms with Gasteiger partial charge in [-0.25, -0.2) is 0 Å². The Labute approximate surface area is 195 Å². The van der Waals surface area contributed by atoms with Crippen molar-refractivity contribution in [2.45, 2.75) is 19.2 Å². The fourth-order valence-electron chi connectivity index (χ4n) is 4.52. The van der Waals surface area contributed by atoms with Crippen molar-refractivity contribution in [1.82, 2.24) is 19.2 Å². The predicted molar refractivity (Wildman–Crippen MR) is 130 cm³/mol. The summed E-state index contributed by atoms with van der Waals surface area (Å²) in [5, 5.41) is 4.05. The summed E-state index contributed by atoms with van der Waals surface area (Å²) in [6.07, 6.45) is -0.175. The van der Waals surface area contributed by atoms with Gasteiger partial charge in [-0.3, -0.25) is 24.3 Å². The predicted octanol–water partition coefficient (Wildman–Crippen LogP) is 3.25. The third kappa shape index (κ3) is 4.39. The highest BCUT2D eigenvalue weighted by molar-refractivity contribution is 6.30. The van der Waals surface area contributed by atoms with Crippen LogP contribution in [0.25, 0.3) is 22.2 Å². The van der Waals surface area contributed by atoms with Crippen LogP contribution in [-0.2, 0) is 24.9 Å². The van der Waals surface area contributed by atoms with Gasteiger partial charge in [-0.15, -0.1) is 0 Å². The number of aromatic nitrogens is 3. The lowest BCUT2D eigenvalue weighted by molar-refractivity contribution is -0.0389. The summed E-state index contributed by atoms with van der Waals surface area (Å²) in [6, 6.07) is 19.0. The van der Waals surface area contributed by atoms with Gasteiger partial charge in [-0.05, 0) is 23.3 Å². The quantitative estimate of drug-likeness (QED) is 0.492. The number of morpholine rings is 1. The zero-order valence-corrected chi connectivity index (χ0v) is 19.1. The Bertz CT molecular complexity index is 1390. The van der Waals surface area contributed by atoms with E-state index in [1.807, 2.05) is 30.3 Å². The third-order valence-electron chi connectivity index (χ3n) is 6.09. The fourth-order valence-corrected chi connectivity index (χ4v) is 4.65. The molecule has 0 radical (unpaired) electrons. The molecule has 8 heteroatoms. The molecule has 1 saturated heterocycles. The molecule has 2 aromatic carbocycles. The first-order chi connectivity index (χ1) is 16.0. The molecule has 2 aromatic heterocycles. The van der Waals surface area contributed by atoms with E-state index in [0.717, 1.165) is 18.7 Å². The highest BCUT2D eigenvalue weighted by Gasteiger charge is 2.24. The Kier molecular flexibility index (Phi) is 5.93. The lowest BCUT2D eigenvalue weighted by atomic mass is 10.1. The summed E-state index contributed by atoms with van der Waals surface area (Å²) in [6.45, 7) is 3.31. The number of halogens is 1. The van der Waals surface area contributed by atoms with Crippen LogP contribution < -0.4 is 11.1 Å². The second-order valence-corrected chi connectivity index (χ2v) is 8.86. The molecule has 1 unspecified atom stereocenters. The number of H-pyrrole nitrogens is 1. The standard InChI is InChI=1S/C25H25ClN4O3/c1-28-25(32)23-21(27-28)13-22(31)30(24(23)18-7-9-19(26)10-8-18)16-20-15-29(11-12-33-20)14-17-5-3-2-4-6-17/h2-10,13,20,27H,11-12,14-16H2,1H3. The van der Waals surface area contributed by atoms with Crippen molar-refractivity contribution in [3.63, 3.8) is 0 Å². The molecule has 0 saturated carbocycles. The minimum Gasteiger partial charge on any atom is -0.374 e. The Balaban J connectivity index is 1.52. The minimum atomic E-state index is -0.182. The van der Waals surface area contributed by atoms with E-state index in [1.54, 1.807) is 23.7 Å². The van der Waals surface area contributed by atoms with Gasteiger partial charge in [-0.1, -0.05) is 54.1 Å². The number of aromatic amines is 1. The van der Waals surface area contributed by atoms with Gasteiger partial charge in [0, 0.05) is 37.8 Å². The van der Waals surface area contributed by atoms with Gasteiger partial charge in [0.25, 0.3) is 11.1 Å². The van der Waals surface area contributed by atoms with Crippen LogP contribution in [0.4, 0.5) is 0 Å². The van der Waals surface area contributed by atoms with Gasteiger partial charge in [0.2, 0.25) is 0 Å². The van der Waals surface area contributed by atoms with Crippen molar-refractivity contribution < 1.29 is 4.74 Å². The molecule has 33 heavy (non-hydrogen) atoms. The van der Waals surface area contributed by atoms with Crippen LogP contribution in [0, 0.1) is 0 Å². The van der Waals surface area contributed by atoms with Gasteiger partial charge < -0.3 is 9.30 Å². The van der Waals surface area contributed by atoms with E-state index in [4.69, 9.17) is 16.3 Å². The number of nitrogens with one attached hydrogen (secondary N) is 1. The molecule has 7 nitrogen and oxygen atoms in total. The molecule has 1 fully saturated rings. The van der Waals surface area contributed by atoms with Crippen LogP contribution in [0.1, 0.15) is 5.56 Å². The lowest BCUT2D eigenvalue weighted by Gasteiger charge is -2.33. The number of aryl methyl sites for hydroxylation is 1. The average molecular weight is 465 g/mol. The highest BCUT2D eigenvalue weighted by atomic mass is 35.5. The van der Waals surface area contributed by atoms with Gasteiger partial charge in [0.15, 0.2) is 0 Å². The van der Waals surface area contributed by atoms with E-state index in [-0.39, 0.29) is 17.2 Å². The maximum absolute atomic E-state index is 13.2. The summed E-state index contributed by atoms with van der Waals surface area (Å²) in [5.74, 6) is 0. The van der Waals surface area contributed by atoms with Gasteiger partial charge in [0.1, 0.15) is 0 Å². The summed E-state index contributed by atoms with van der Waals surface area (Å²) in [5.41, 5.74) is 2.74. The number of nitrogens with zero attached hydrogens (tertiary/aromatic N) is 3. The number of hydrogen-bond acceptors (Lipinski definition) is 4. The van der Waals surface area contributed by atoms with Crippen LogP contribution in [0.3, 0.4) is 0 Å². The molecular weight excluding hydrogens is 440 g/mol. The second kappa shape index (κ2) is 9.02. The maximum Gasteiger partial charge on any atom is 0.276 e. The van der Waals surface area contributed by atoms with Crippen LogP contribution in [0.2, 0.25) is 5.02 Å². The molecule has 1 N–H and O–H groups in total. The smallest absolute Gasteiger partial charge is 0.276 e. The lowest BCUT2D eigenvalue weighted by Crippen LogP contribution is -2.45. The molecule has 1 aliphatic heterocycles. The van der Waals surface area contributed by atoms with Crippen molar-refractivity contribution in [3.05, 3.63) is 92.0 Å². The van der Waals surface area contributed by atoms with Crippen molar-refractivity contribution in [3.8, 4) is 11.3 Å². The minimum absolute atomic E-state index is 0.175. The summed E-state index contributed by atoms with van der Waals surface area (Å²) < 4.78 is 9.11. The summed E-state index contributed by atoms with van der Waals surface area (Å²) in [4.78, 5) is 28.5. The molecule has 3 heterocycles. The molecule has 0 aliphatic carbocycles. The zero-order chi connectivity index (χ0) is 22.9. The Morgan fingerprint density at radius 3 is 2.61 bits per heavy atom. The SMILES string of the molecule is Cn1[nH]c2cc(=O)n(CC3CN(Cc4ccccc4)CCO3)c(-c3ccc(Cl)cc3)c2c1=O. The fraction of sp³-hybridized carbons (Fsp3) is 0.280. The number of hydrogen-bond donors (Lipinski definition) is 1. The first kappa shape index (κ1) is 21.7. The van der Waals surface area contributed by atoms with E-state index in [0.29, 0.717) is 41.3 Å². The van der Waals surface area contributed by atoms with Gasteiger partial charge in [0.05, 0.1) is 35.9 Å². The zero-order valence-electron chi connectivity index (χ0n) is 18.3. The Morgan fingerprint density at radius 1 is 1.09 bits per heavy atom. The average Bonchev–Trinajstić information content (AvgIpc) is 3.09. The van der Waals surface area contributed by atoms with Crippen LogP contribution in [0.5, 0.6) is 0 Å². The molecule has 1 atom stereocenters.